The van der Waals surface area contributed by atoms with Crippen LogP contribution in [0.2, 0.25) is 10.0 Å². The molecule has 0 amide bonds. The third-order valence-corrected chi connectivity index (χ3v) is 3.49. The van der Waals surface area contributed by atoms with Gasteiger partial charge in [0.05, 0.1) is 22.2 Å². The normalized spacial score (nSPS) is 11.9. The van der Waals surface area contributed by atoms with Gasteiger partial charge in [-0.3, -0.25) is 0 Å². The number of halogens is 2. The molecular formula is C14H17Cl2NO. The van der Waals surface area contributed by atoms with Crippen molar-refractivity contribution in [1.82, 2.24) is 0 Å². The lowest BCUT2D eigenvalue weighted by Crippen LogP contribution is -2.12. The van der Waals surface area contributed by atoms with E-state index in [2.05, 4.69) is 13.0 Å². The second-order valence-corrected chi connectivity index (χ2v) is 5.00. The molecule has 98 valence electrons. The largest absolute Gasteiger partial charge is 0.490 e. The van der Waals surface area contributed by atoms with E-state index in [1.54, 1.807) is 6.07 Å². The van der Waals surface area contributed by atoms with Gasteiger partial charge >= 0.3 is 0 Å². The Morgan fingerprint density at radius 1 is 1.39 bits per heavy atom. The van der Waals surface area contributed by atoms with Crippen LogP contribution >= 0.6 is 23.2 Å². The maximum Gasteiger partial charge on any atom is 0.124 e. The number of nitrogens with zero attached hydrogens (tertiary/aromatic N) is 1. The van der Waals surface area contributed by atoms with Crippen molar-refractivity contribution in [1.29, 1.82) is 5.26 Å². The first-order chi connectivity index (χ1) is 8.60. The molecule has 0 spiro atoms. The first-order valence-electron chi connectivity index (χ1n) is 6.10. The van der Waals surface area contributed by atoms with E-state index < -0.39 is 0 Å². The Hall–Kier alpha value is -0.910. The van der Waals surface area contributed by atoms with Crippen LogP contribution < -0.4 is 4.74 Å². The SMILES string of the molecule is CCCc1c(OC(C)CCC#N)ccc(Cl)c1Cl. The van der Waals surface area contributed by atoms with Crippen molar-refractivity contribution in [3.63, 3.8) is 0 Å². The Labute approximate surface area is 118 Å². The van der Waals surface area contributed by atoms with Gasteiger partial charge in [0.25, 0.3) is 0 Å². The monoisotopic (exact) mass is 285 g/mol. The zero-order chi connectivity index (χ0) is 13.5. The summed E-state index contributed by atoms with van der Waals surface area (Å²) in [6, 6.07) is 5.71. The average Bonchev–Trinajstić information content (AvgIpc) is 2.36. The van der Waals surface area contributed by atoms with Gasteiger partial charge in [-0.05, 0) is 31.9 Å². The summed E-state index contributed by atoms with van der Waals surface area (Å²) in [5.74, 6) is 0.775. The Balaban J connectivity index is 2.88. The molecule has 1 unspecified atom stereocenters. The summed E-state index contributed by atoms with van der Waals surface area (Å²) in [4.78, 5) is 0. The molecule has 0 aliphatic heterocycles. The van der Waals surface area contributed by atoms with Crippen molar-refractivity contribution in [2.24, 2.45) is 0 Å². The molecule has 0 saturated heterocycles. The minimum Gasteiger partial charge on any atom is -0.490 e. The van der Waals surface area contributed by atoms with E-state index in [9.17, 15) is 0 Å². The van der Waals surface area contributed by atoms with Gasteiger partial charge < -0.3 is 4.74 Å². The van der Waals surface area contributed by atoms with Crippen LogP contribution in [0.1, 0.15) is 38.7 Å². The van der Waals surface area contributed by atoms with E-state index in [0.717, 1.165) is 24.2 Å². The van der Waals surface area contributed by atoms with Crippen LogP contribution in [0.15, 0.2) is 12.1 Å². The molecule has 2 nitrogen and oxygen atoms in total. The zero-order valence-electron chi connectivity index (χ0n) is 10.7. The molecule has 0 saturated carbocycles. The Morgan fingerprint density at radius 3 is 2.72 bits per heavy atom. The van der Waals surface area contributed by atoms with Gasteiger partial charge in [-0.25, -0.2) is 0 Å². The van der Waals surface area contributed by atoms with Crippen molar-refractivity contribution in [2.75, 3.05) is 0 Å². The maximum atomic E-state index is 8.56. The zero-order valence-corrected chi connectivity index (χ0v) is 12.2. The van der Waals surface area contributed by atoms with Crippen LogP contribution in [-0.2, 0) is 6.42 Å². The molecule has 0 aromatic heterocycles. The van der Waals surface area contributed by atoms with Crippen molar-refractivity contribution in [3.05, 3.63) is 27.7 Å². The maximum absolute atomic E-state index is 8.56. The lowest BCUT2D eigenvalue weighted by Gasteiger charge is -2.18. The van der Waals surface area contributed by atoms with Crippen LogP contribution in [0, 0.1) is 11.3 Å². The molecule has 1 atom stereocenters. The van der Waals surface area contributed by atoms with Gasteiger partial charge in [0.1, 0.15) is 5.75 Å². The van der Waals surface area contributed by atoms with Crippen molar-refractivity contribution < 1.29 is 4.74 Å². The predicted octanol–water partition coefficient (Wildman–Crippen LogP) is 5.02. The third-order valence-electron chi connectivity index (χ3n) is 2.64. The van der Waals surface area contributed by atoms with E-state index in [-0.39, 0.29) is 6.10 Å². The molecule has 0 aliphatic rings. The lowest BCUT2D eigenvalue weighted by molar-refractivity contribution is 0.211. The Bertz CT molecular complexity index is 440. The van der Waals surface area contributed by atoms with Gasteiger partial charge in [0, 0.05) is 12.0 Å². The van der Waals surface area contributed by atoms with E-state index in [4.69, 9.17) is 33.2 Å². The topological polar surface area (TPSA) is 33.0 Å². The van der Waals surface area contributed by atoms with E-state index in [1.807, 2.05) is 13.0 Å². The molecule has 0 radical (unpaired) electrons. The first kappa shape index (κ1) is 15.1. The Kier molecular flexibility index (Phi) is 6.32. The number of hydrogen-bond acceptors (Lipinski definition) is 2. The van der Waals surface area contributed by atoms with E-state index >= 15 is 0 Å². The van der Waals surface area contributed by atoms with Crippen molar-refractivity contribution in [2.45, 2.75) is 45.6 Å². The average molecular weight is 286 g/mol. The van der Waals surface area contributed by atoms with E-state index in [1.165, 1.54) is 0 Å². The molecule has 0 heterocycles. The summed E-state index contributed by atoms with van der Waals surface area (Å²) in [7, 11) is 0. The highest BCUT2D eigenvalue weighted by atomic mass is 35.5. The summed E-state index contributed by atoms with van der Waals surface area (Å²) in [6.45, 7) is 4.04. The number of ether oxygens (including phenoxy) is 1. The summed E-state index contributed by atoms with van der Waals surface area (Å²) >= 11 is 12.2. The van der Waals surface area contributed by atoms with Crippen LogP contribution in [0.4, 0.5) is 0 Å². The van der Waals surface area contributed by atoms with Gasteiger partial charge in [-0.15, -0.1) is 0 Å². The smallest absolute Gasteiger partial charge is 0.124 e. The number of benzene rings is 1. The highest BCUT2D eigenvalue weighted by Crippen LogP contribution is 2.34. The molecule has 0 aliphatic carbocycles. The van der Waals surface area contributed by atoms with Crippen LogP contribution in [0.5, 0.6) is 5.75 Å². The predicted molar refractivity (Wildman–Crippen MR) is 75.4 cm³/mol. The fourth-order valence-electron chi connectivity index (χ4n) is 1.71. The summed E-state index contributed by atoms with van der Waals surface area (Å²) in [6.07, 6.45) is 3.01. The van der Waals surface area contributed by atoms with Gasteiger partial charge in [0.2, 0.25) is 0 Å². The molecule has 0 N–H and O–H groups in total. The minimum atomic E-state index is -0.00232. The summed E-state index contributed by atoms with van der Waals surface area (Å²) < 4.78 is 5.84. The fourth-order valence-corrected chi connectivity index (χ4v) is 2.14. The fraction of sp³-hybridized carbons (Fsp3) is 0.500. The van der Waals surface area contributed by atoms with Gasteiger partial charge in [-0.1, -0.05) is 36.5 Å². The second kappa shape index (κ2) is 7.51. The van der Waals surface area contributed by atoms with Crippen LogP contribution in [0.3, 0.4) is 0 Å². The van der Waals surface area contributed by atoms with Gasteiger partial charge in [0.15, 0.2) is 0 Å². The Morgan fingerprint density at radius 2 is 2.11 bits per heavy atom. The summed E-state index contributed by atoms with van der Waals surface area (Å²) in [5.41, 5.74) is 0.954. The molecule has 18 heavy (non-hydrogen) atoms. The number of hydrogen-bond donors (Lipinski definition) is 0. The molecule has 1 aromatic carbocycles. The second-order valence-electron chi connectivity index (χ2n) is 4.21. The minimum absolute atomic E-state index is 0.00232. The number of rotatable bonds is 6. The van der Waals surface area contributed by atoms with Crippen molar-refractivity contribution >= 4 is 23.2 Å². The van der Waals surface area contributed by atoms with Crippen LogP contribution in [-0.4, -0.2) is 6.10 Å². The number of nitriles is 1. The highest BCUT2D eigenvalue weighted by Gasteiger charge is 2.13. The molecular weight excluding hydrogens is 269 g/mol. The summed E-state index contributed by atoms with van der Waals surface area (Å²) in [5, 5.41) is 9.68. The van der Waals surface area contributed by atoms with Gasteiger partial charge in [-0.2, -0.15) is 5.26 Å². The van der Waals surface area contributed by atoms with Crippen LogP contribution in [0.25, 0.3) is 0 Å². The standard InChI is InChI=1S/C14H17Cl2NO/c1-3-5-11-13(8-7-12(15)14(11)16)18-10(2)6-4-9-17/h7-8,10H,3-6H2,1-2H3. The molecule has 1 aromatic rings. The first-order valence-corrected chi connectivity index (χ1v) is 6.86. The highest BCUT2D eigenvalue weighted by molar-refractivity contribution is 6.42. The quantitative estimate of drug-likeness (QED) is 0.735. The van der Waals surface area contributed by atoms with E-state index in [0.29, 0.717) is 22.9 Å². The third kappa shape index (κ3) is 4.08. The molecule has 1 rings (SSSR count). The van der Waals surface area contributed by atoms with Crippen molar-refractivity contribution in [3.8, 4) is 11.8 Å². The molecule has 0 bridgehead atoms. The molecule has 0 fully saturated rings. The molecule has 4 heteroatoms. The lowest BCUT2D eigenvalue weighted by atomic mass is 10.1.